The van der Waals surface area contributed by atoms with E-state index in [1.807, 2.05) is 47.0 Å². The van der Waals surface area contributed by atoms with E-state index in [2.05, 4.69) is 25.5 Å². The Morgan fingerprint density at radius 3 is 3.03 bits per heavy atom. The third-order valence-electron chi connectivity index (χ3n) is 6.10. The number of amides is 1. The van der Waals surface area contributed by atoms with Gasteiger partial charge in [-0.25, -0.2) is 9.97 Å². The number of aromatic amines is 1. The topological polar surface area (TPSA) is 101 Å². The molecule has 0 bridgehead atoms. The Morgan fingerprint density at radius 2 is 2.21 bits per heavy atom. The van der Waals surface area contributed by atoms with Crippen LogP contribution in [-0.4, -0.2) is 49.2 Å². The minimum absolute atomic E-state index is 0.0492. The minimum atomic E-state index is 0.0492. The van der Waals surface area contributed by atoms with Crippen molar-refractivity contribution < 1.29 is 9.53 Å². The number of fused-ring (bicyclic) bond motifs is 4. The van der Waals surface area contributed by atoms with Gasteiger partial charge in [0.25, 0.3) is 5.91 Å². The van der Waals surface area contributed by atoms with E-state index < -0.39 is 0 Å². The number of anilines is 2. The zero-order chi connectivity index (χ0) is 22.5. The van der Waals surface area contributed by atoms with Gasteiger partial charge in [-0.1, -0.05) is 0 Å². The van der Waals surface area contributed by atoms with Crippen molar-refractivity contribution in [2.45, 2.75) is 13.0 Å². The van der Waals surface area contributed by atoms with Crippen molar-refractivity contribution in [3.05, 3.63) is 59.1 Å². The first kappa shape index (κ1) is 19.7. The maximum atomic E-state index is 13.0. The summed E-state index contributed by atoms with van der Waals surface area (Å²) in [5, 5.41) is 12.5. The summed E-state index contributed by atoms with van der Waals surface area (Å²) in [6, 6.07) is 7.66. The average Bonchev–Trinajstić information content (AvgIpc) is 3.55. The minimum Gasteiger partial charge on any atom is -0.494 e. The van der Waals surface area contributed by atoms with Crippen molar-refractivity contribution in [3.8, 4) is 5.75 Å². The van der Waals surface area contributed by atoms with Gasteiger partial charge in [-0.05, 0) is 30.2 Å². The third kappa shape index (κ3) is 3.21. The van der Waals surface area contributed by atoms with Crippen LogP contribution >= 0.6 is 11.3 Å². The van der Waals surface area contributed by atoms with Crippen molar-refractivity contribution in [1.82, 2.24) is 29.6 Å². The summed E-state index contributed by atoms with van der Waals surface area (Å²) >= 11 is 1.62. The van der Waals surface area contributed by atoms with Gasteiger partial charge in [0.05, 0.1) is 36.4 Å². The molecule has 2 N–H and O–H groups in total. The fourth-order valence-corrected chi connectivity index (χ4v) is 5.61. The Morgan fingerprint density at radius 1 is 1.30 bits per heavy atom. The SMILES string of the molecule is COc1cc2[nH]ncc2cc1Nc1ncnc2sc3c(c12)CCN(C(=O)c1cccn1C)C3. The molecule has 0 saturated heterocycles. The van der Waals surface area contributed by atoms with Gasteiger partial charge in [0.2, 0.25) is 0 Å². The molecule has 0 fully saturated rings. The number of aromatic nitrogens is 5. The van der Waals surface area contributed by atoms with Crippen LogP contribution in [0.5, 0.6) is 5.75 Å². The number of methoxy groups -OCH3 is 1. The predicted molar refractivity (Wildman–Crippen MR) is 127 cm³/mol. The maximum Gasteiger partial charge on any atom is 0.270 e. The molecule has 5 heterocycles. The lowest BCUT2D eigenvalue weighted by molar-refractivity contribution is 0.0728. The highest BCUT2D eigenvalue weighted by molar-refractivity contribution is 7.19. The number of carbonyl (C=O) groups is 1. The van der Waals surface area contributed by atoms with Gasteiger partial charge in [0.15, 0.2) is 0 Å². The van der Waals surface area contributed by atoms with Gasteiger partial charge >= 0.3 is 0 Å². The second kappa shape index (κ2) is 7.59. The molecule has 0 radical (unpaired) electrons. The number of nitrogens with one attached hydrogen (secondary N) is 2. The highest BCUT2D eigenvalue weighted by atomic mass is 32.1. The largest absolute Gasteiger partial charge is 0.494 e. The number of nitrogens with zero attached hydrogens (tertiary/aromatic N) is 5. The van der Waals surface area contributed by atoms with Crippen molar-refractivity contribution in [1.29, 1.82) is 0 Å². The van der Waals surface area contributed by atoms with Crippen molar-refractivity contribution in [3.63, 3.8) is 0 Å². The zero-order valence-corrected chi connectivity index (χ0v) is 18.9. The molecule has 0 aliphatic carbocycles. The number of carbonyl (C=O) groups excluding carboxylic acids is 1. The molecule has 0 unspecified atom stereocenters. The van der Waals surface area contributed by atoms with Crippen LogP contribution in [0.25, 0.3) is 21.1 Å². The molecule has 166 valence electrons. The molecule has 0 spiro atoms. The molecule has 5 aromatic rings. The van der Waals surface area contributed by atoms with Crippen LogP contribution in [0.4, 0.5) is 11.5 Å². The number of aryl methyl sites for hydroxylation is 1. The van der Waals surface area contributed by atoms with E-state index in [0.717, 1.165) is 43.9 Å². The Hall–Kier alpha value is -3.92. The Kier molecular flexibility index (Phi) is 4.54. The first-order valence-electron chi connectivity index (χ1n) is 10.6. The molecule has 6 rings (SSSR count). The van der Waals surface area contributed by atoms with E-state index in [-0.39, 0.29) is 5.91 Å². The summed E-state index contributed by atoms with van der Waals surface area (Å²) in [5.41, 5.74) is 3.62. The number of benzene rings is 1. The normalized spacial score (nSPS) is 13.5. The first-order chi connectivity index (χ1) is 16.1. The molecular formula is C23H21N7O2S. The van der Waals surface area contributed by atoms with Gasteiger partial charge in [0, 0.05) is 36.1 Å². The zero-order valence-electron chi connectivity index (χ0n) is 18.1. The van der Waals surface area contributed by atoms with Gasteiger partial charge in [-0.3, -0.25) is 9.89 Å². The number of hydrogen-bond donors (Lipinski definition) is 2. The van der Waals surface area contributed by atoms with E-state index >= 15 is 0 Å². The number of rotatable bonds is 4. The average molecular weight is 460 g/mol. The van der Waals surface area contributed by atoms with E-state index in [1.165, 1.54) is 5.56 Å². The standard InChI is InChI=1S/C23H21N7O2S/c1-29-6-3-4-17(29)23(31)30-7-5-14-19(11-30)33-22-20(14)21(24-12-25-22)27-16-8-13-10-26-28-15(13)9-18(16)32-2/h3-4,6,8-10,12H,5,7,11H2,1-2H3,(H,26,28)(H,24,25,27). The van der Waals surface area contributed by atoms with E-state index in [9.17, 15) is 4.79 Å². The van der Waals surface area contributed by atoms with Crippen LogP contribution in [0.1, 0.15) is 20.9 Å². The van der Waals surface area contributed by atoms with Crippen LogP contribution in [0.2, 0.25) is 0 Å². The molecule has 1 aliphatic heterocycles. The van der Waals surface area contributed by atoms with Crippen molar-refractivity contribution in [2.75, 3.05) is 19.0 Å². The van der Waals surface area contributed by atoms with Gasteiger partial charge in [-0.2, -0.15) is 5.10 Å². The van der Waals surface area contributed by atoms with E-state index in [4.69, 9.17) is 4.74 Å². The molecule has 9 nitrogen and oxygen atoms in total. The predicted octanol–water partition coefficient (Wildman–Crippen LogP) is 3.86. The molecule has 4 aromatic heterocycles. The highest BCUT2D eigenvalue weighted by Gasteiger charge is 2.28. The molecular weight excluding hydrogens is 438 g/mol. The molecule has 0 saturated carbocycles. The van der Waals surface area contributed by atoms with Crippen LogP contribution in [-0.2, 0) is 20.0 Å². The molecule has 1 aromatic carbocycles. The second-order valence-corrected chi connectivity index (χ2v) is 9.11. The quantitative estimate of drug-likeness (QED) is 0.423. The van der Waals surface area contributed by atoms with Crippen LogP contribution < -0.4 is 10.1 Å². The maximum absolute atomic E-state index is 13.0. The number of ether oxygens (including phenoxy) is 1. The molecule has 33 heavy (non-hydrogen) atoms. The molecule has 0 atom stereocenters. The second-order valence-electron chi connectivity index (χ2n) is 8.02. The Bertz CT molecular complexity index is 1520. The molecule has 1 aliphatic rings. The third-order valence-corrected chi connectivity index (χ3v) is 7.23. The van der Waals surface area contributed by atoms with Crippen LogP contribution in [0.15, 0.2) is 43.0 Å². The first-order valence-corrected chi connectivity index (χ1v) is 11.4. The van der Waals surface area contributed by atoms with Crippen molar-refractivity contribution >= 4 is 49.9 Å². The fraction of sp³-hybridized carbons (Fsp3) is 0.217. The van der Waals surface area contributed by atoms with Crippen molar-refractivity contribution in [2.24, 2.45) is 7.05 Å². The highest BCUT2D eigenvalue weighted by Crippen LogP contribution is 2.40. The summed E-state index contributed by atoms with van der Waals surface area (Å²) in [7, 11) is 3.54. The Balaban J connectivity index is 1.36. The van der Waals surface area contributed by atoms with Gasteiger partial charge < -0.3 is 19.5 Å². The lowest BCUT2D eigenvalue weighted by Crippen LogP contribution is -2.36. The lowest BCUT2D eigenvalue weighted by Gasteiger charge is -2.27. The van der Waals surface area contributed by atoms with Crippen LogP contribution in [0.3, 0.4) is 0 Å². The summed E-state index contributed by atoms with van der Waals surface area (Å²) in [4.78, 5) is 26.1. The van der Waals surface area contributed by atoms with E-state index in [1.54, 1.807) is 31.0 Å². The number of thiophene rings is 1. The summed E-state index contributed by atoms with van der Waals surface area (Å²) in [5.74, 6) is 1.48. The van der Waals surface area contributed by atoms with Gasteiger partial charge in [-0.15, -0.1) is 11.3 Å². The summed E-state index contributed by atoms with van der Waals surface area (Å²) < 4.78 is 7.45. The summed E-state index contributed by atoms with van der Waals surface area (Å²) in [6.07, 6.45) is 6.00. The van der Waals surface area contributed by atoms with Crippen LogP contribution in [0, 0.1) is 0 Å². The lowest BCUT2D eigenvalue weighted by atomic mass is 10.0. The van der Waals surface area contributed by atoms with E-state index in [0.29, 0.717) is 24.5 Å². The smallest absolute Gasteiger partial charge is 0.270 e. The Labute approximate surface area is 193 Å². The molecule has 1 amide bonds. The number of hydrogen-bond acceptors (Lipinski definition) is 7. The number of H-pyrrole nitrogens is 1. The summed E-state index contributed by atoms with van der Waals surface area (Å²) in [6.45, 7) is 1.23. The fourth-order valence-electron chi connectivity index (χ4n) is 4.41. The molecule has 10 heteroatoms. The monoisotopic (exact) mass is 459 g/mol. The van der Waals surface area contributed by atoms with Gasteiger partial charge in [0.1, 0.15) is 28.4 Å².